The van der Waals surface area contributed by atoms with Crippen molar-refractivity contribution < 1.29 is 9.50 Å². The fraction of sp³-hybridized carbons (Fsp3) is 0.524. The number of piperidine rings is 1. The molecule has 0 amide bonds. The predicted octanol–water partition coefficient (Wildman–Crippen LogP) is 3.06. The Balaban J connectivity index is 1.78. The molecule has 3 heterocycles. The van der Waals surface area contributed by atoms with Crippen LogP contribution in [0.1, 0.15) is 39.2 Å². The molecule has 1 aromatic carbocycles. The average Bonchev–Trinajstić information content (AvgIpc) is 2.88. The van der Waals surface area contributed by atoms with Crippen molar-refractivity contribution in [1.82, 2.24) is 9.47 Å². The molecule has 2 atom stereocenters. The van der Waals surface area contributed by atoms with Crippen LogP contribution in [-0.2, 0) is 12.1 Å². The number of pyridine rings is 1. The molecule has 4 rings (SSSR count). The third-order valence-electron chi connectivity index (χ3n) is 5.90. The highest BCUT2D eigenvalue weighted by atomic mass is 19.1. The molecule has 0 aliphatic carbocycles. The number of aliphatic hydroxyl groups is 1. The van der Waals surface area contributed by atoms with Crippen LogP contribution < -0.4 is 5.56 Å². The quantitative estimate of drug-likeness (QED) is 0.899. The number of hydrogen-bond donors (Lipinski definition) is 1. The minimum Gasteiger partial charge on any atom is -0.382 e. The zero-order valence-electron chi connectivity index (χ0n) is 15.6. The predicted molar refractivity (Wildman–Crippen MR) is 100 cm³/mol. The van der Waals surface area contributed by atoms with Gasteiger partial charge in [-0.1, -0.05) is 20.8 Å². The molecule has 5 heteroatoms. The first kappa shape index (κ1) is 17.7. The molecule has 0 spiro atoms. The van der Waals surface area contributed by atoms with Crippen molar-refractivity contribution in [2.24, 2.45) is 5.41 Å². The Labute approximate surface area is 153 Å². The number of aromatic nitrogens is 1. The molecule has 139 valence electrons. The van der Waals surface area contributed by atoms with Crippen LogP contribution in [0, 0.1) is 17.7 Å². The lowest BCUT2D eigenvalue weighted by Gasteiger charge is -2.45. The third kappa shape index (κ3) is 2.69. The fourth-order valence-corrected chi connectivity index (χ4v) is 4.70. The van der Waals surface area contributed by atoms with Gasteiger partial charge in [-0.25, -0.2) is 4.39 Å². The molecule has 2 aliphatic rings. The lowest BCUT2D eigenvalue weighted by molar-refractivity contribution is -0.0415. The van der Waals surface area contributed by atoms with Crippen molar-refractivity contribution in [3.63, 3.8) is 0 Å². The molecule has 0 saturated carbocycles. The zero-order valence-corrected chi connectivity index (χ0v) is 15.6. The van der Waals surface area contributed by atoms with Crippen LogP contribution in [0.25, 0.3) is 10.9 Å². The maximum Gasteiger partial charge on any atom is 0.251 e. The second-order valence-electron chi connectivity index (χ2n) is 8.81. The Hall–Kier alpha value is -1.72. The maximum atomic E-state index is 14.8. The first-order valence-corrected chi connectivity index (χ1v) is 9.31. The van der Waals surface area contributed by atoms with Gasteiger partial charge in [0.25, 0.3) is 5.56 Å². The van der Waals surface area contributed by atoms with E-state index < -0.39 is 11.4 Å². The normalized spacial score (nSPS) is 26.6. The maximum absolute atomic E-state index is 14.8. The first-order valence-electron chi connectivity index (χ1n) is 9.31. The summed E-state index contributed by atoms with van der Waals surface area (Å²) in [5, 5.41) is 12.3. The number of halogens is 1. The number of hydrogen-bond acceptors (Lipinski definition) is 3. The molecule has 4 nitrogen and oxygen atoms in total. The van der Waals surface area contributed by atoms with Gasteiger partial charge >= 0.3 is 0 Å². The highest BCUT2D eigenvalue weighted by molar-refractivity contribution is 5.84. The van der Waals surface area contributed by atoms with E-state index in [9.17, 15) is 14.3 Å². The van der Waals surface area contributed by atoms with E-state index in [4.69, 9.17) is 0 Å². The summed E-state index contributed by atoms with van der Waals surface area (Å²) in [7, 11) is 0. The highest BCUT2D eigenvalue weighted by Gasteiger charge is 2.45. The SMILES string of the molecule is CC(C)(C)C1C[CH]CCN1CC1(O)Cn2c(=O)ccc3ccc(F)c1c32. The Kier molecular flexibility index (Phi) is 4.01. The lowest BCUT2D eigenvalue weighted by Crippen LogP contribution is -2.53. The molecule has 1 aromatic heterocycles. The smallest absolute Gasteiger partial charge is 0.251 e. The van der Waals surface area contributed by atoms with Crippen LogP contribution in [-0.4, -0.2) is 33.7 Å². The van der Waals surface area contributed by atoms with E-state index in [2.05, 4.69) is 32.1 Å². The summed E-state index contributed by atoms with van der Waals surface area (Å²) in [6.45, 7) is 7.87. The van der Waals surface area contributed by atoms with Gasteiger partial charge in [0, 0.05) is 24.2 Å². The molecule has 1 fully saturated rings. The Morgan fingerprint density at radius 1 is 1.27 bits per heavy atom. The molecular weight excluding hydrogens is 331 g/mol. The number of benzene rings is 1. The highest BCUT2D eigenvalue weighted by Crippen LogP contribution is 2.40. The minimum absolute atomic E-state index is 0.0557. The van der Waals surface area contributed by atoms with Crippen LogP contribution in [0.3, 0.4) is 0 Å². The van der Waals surface area contributed by atoms with E-state index in [1.54, 1.807) is 12.1 Å². The summed E-state index contributed by atoms with van der Waals surface area (Å²) in [6, 6.07) is 6.54. The molecule has 26 heavy (non-hydrogen) atoms. The minimum atomic E-state index is -1.39. The molecule has 2 aliphatic heterocycles. The molecule has 1 N–H and O–H groups in total. The average molecular weight is 357 g/mol. The Bertz CT molecular complexity index is 915. The summed E-state index contributed by atoms with van der Waals surface area (Å²) in [6.07, 6.45) is 4.22. The van der Waals surface area contributed by atoms with Crippen LogP contribution in [0.4, 0.5) is 4.39 Å². The van der Waals surface area contributed by atoms with Crippen molar-refractivity contribution in [3.8, 4) is 0 Å². The van der Waals surface area contributed by atoms with E-state index in [0.717, 1.165) is 24.8 Å². The molecule has 0 bridgehead atoms. The van der Waals surface area contributed by atoms with Crippen LogP contribution in [0.2, 0.25) is 0 Å². The van der Waals surface area contributed by atoms with Crippen LogP contribution in [0.5, 0.6) is 0 Å². The van der Waals surface area contributed by atoms with Gasteiger partial charge in [-0.2, -0.15) is 0 Å². The summed E-state index contributed by atoms with van der Waals surface area (Å²) >= 11 is 0. The van der Waals surface area contributed by atoms with E-state index >= 15 is 0 Å². The number of likely N-dealkylation sites (tertiary alicyclic amines) is 1. The second-order valence-corrected chi connectivity index (χ2v) is 8.81. The van der Waals surface area contributed by atoms with Gasteiger partial charge in [-0.3, -0.25) is 9.69 Å². The van der Waals surface area contributed by atoms with E-state index in [1.165, 1.54) is 16.7 Å². The van der Waals surface area contributed by atoms with Gasteiger partial charge in [0.1, 0.15) is 11.4 Å². The van der Waals surface area contributed by atoms with E-state index in [-0.39, 0.29) is 29.1 Å². The summed E-state index contributed by atoms with van der Waals surface area (Å²) in [5.74, 6) is -0.437. The molecule has 2 aromatic rings. The Morgan fingerprint density at radius 3 is 2.73 bits per heavy atom. The number of rotatable bonds is 2. The number of β-amino-alcohol motifs (C(OH)–C–C–N with tert-alkyl or cyclic N) is 1. The first-order chi connectivity index (χ1) is 12.2. The lowest BCUT2D eigenvalue weighted by atomic mass is 9.79. The standard InChI is InChI=1S/C21H26FN2O2/c1-20(2,3)16-6-4-5-11-23(16)12-21(26)13-24-17(25)10-8-14-7-9-15(22)18(21)19(14)24/h4,7-10,16,26H,5-6,11-13H2,1-3H3. The monoisotopic (exact) mass is 357 g/mol. The van der Waals surface area contributed by atoms with Crippen molar-refractivity contribution in [2.75, 3.05) is 13.1 Å². The van der Waals surface area contributed by atoms with Gasteiger partial charge < -0.3 is 9.67 Å². The van der Waals surface area contributed by atoms with Crippen LogP contribution in [0.15, 0.2) is 29.1 Å². The van der Waals surface area contributed by atoms with Crippen LogP contribution >= 0.6 is 0 Å². The molecule has 1 radical (unpaired) electrons. The van der Waals surface area contributed by atoms with Crippen molar-refractivity contribution in [2.45, 2.75) is 51.8 Å². The molecule has 2 unspecified atom stereocenters. The van der Waals surface area contributed by atoms with E-state index in [0.29, 0.717) is 12.1 Å². The summed E-state index contributed by atoms with van der Waals surface area (Å²) in [4.78, 5) is 14.6. The molecule has 1 saturated heterocycles. The van der Waals surface area contributed by atoms with E-state index in [1.807, 2.05) is 0 Å². The number of nitrogens with zero attached hydrogens (tertiary/aromatic N) is 2. The topological polar surface area (TPSA) is 45.5 Å². The molecular formula is C21H26FN2O2. The van der Waals surface area contributed by atoms with Gasteiger partial charge in [0.05, 0.1) is 12.1 Å². The summed E-state index contributed by atoms with van der Waals surface area (Å²) in [5.41, 5.74) is -0.719. The van der Waals surface area contributed by atoms with Gasteiger partial charge in [0.2, 0.25) is 0 Å². The van der Waals surface area contributed by atoms with Crippen molar-refractivity contribution in [3.05, 3.63) is 52.4 Å². The fourth-order valence-electron chi connectivity index (χ4n) is 4.70. The van der Waals surface area contributed by atoms with Gasteiger partial charge in [-0.15, -0.1) is 0 Å². The van der Waals surface area contributed by atoms with Crippen molar-refractivity contribution >= 4 is 10.9 Å². The third-order valence-corrected chi connectivity index (χ3v) is 5.90. The van der Waals surface area contributed by atoms with Crippen molar-refractivity contribution in [1.29, 1.82) is 0 Å². The Morgan fingerprint density at radius 2 is 2.00 bits per heavy atom. The zero-order chi connectivity index (χ0) is 18.7. The largest absolute Gasteiger partial charge is 0.382 e. The second kappa shape index (κ2) is 5.89. The van der Waals surface area contributed by atoms with Gasteiger partial charge in [-0.05, 0) is 54.8 Å². The van der Waals surface area contributed by atoms with Gasteiger partial charge in [0.15, 0.2) is 0 Å². The summed E-state index contributed by atoms with van der Waals surface area (Å²) < 4.78 is 16.3.